The molecule has 0 atom stereocenters. The third-order valence-electron chi connectivity index (χ3n) is 5.06. The summed E-state index contributed by atoms with van der Waals surface area (Å²) in [6.07, 6.45) is 4.48. The number of aryl methyl sites for hydroxylation is 1. The zero-order valence-electron chi connectivity index (χ0n) is 15.5. The summed E-state index contributed by atoms with van der Waals surface area (Å²) in [5.41, 5.74) is 3.54. The average Bonchev–Trinajstić information content (AvgIpc) is 3.42. The van der Waals surface area contributed by atoms with Crippen molar-refractivity contribution < 1.29 is 12.8 Å². The Morgan fingerprint density at radius 3 is 2.68 bits per heavy atom. The lowest BCUT2D eigenvalue weighted by Gasteiger charge is -2.21. The smallest absolute Gasteiger partial charge is 0.243 e. The van der Waals surface area contributed by atoms with Gasteiger partial charge in [-0.25, -0.2) is 8.42 Å². The van der Waals surface area contributed by atoms with E-state index in [0.29, 0.717) is 11.3 Å². The molecule has 2 heterocycles. The molecule has 0 saturated heterocycles. The standard InChI is InChI=1S/C20H20N4O3S/c1-23-20-6-2-5-18(20)19(22-23)14-24(13-16-4-3-11-27-16)28(25,26)17-9-7-15(12-21)8-10-17/h3-4,7-11H,2,5-6,13-14H2,1H3. The van der Waals surface area contributed by atoms with Crippen LogP contribution in [0.3, 0.4) is 0 Å². The van der Waals surface area contributed by atoms with Crippen LogP contribution in [0.15, 0.2) is 52.0 Å². The van der Waals surface area contributed by atoms with Crippen LogP contribution in [-0.4, -0.2) is 22.5 Å². The molecule has 1 aliphatic rings. The Kier molecular flexibility index (Phi) is 4.79. The van der Waals surface area contributed by atoms with Gasteiger partial charge in [-0.3, -0.25) is 4.68 Å². The first-order valence-electron chi connectivity index (χ1n) is 9.05. The van der Waals surface area contributed by atoms with E-state index in [1.165, 1.54) is 40.5 Å². The van der Waals surface area contributed by atoms with Crippen LogP contribution < -0.4 is 0 Å². The molecule has 0 fully saturated rings. The molecule has 8 heteroatoms. The number of benzene rings is 1. The summed E-state index contributed by atoms with van der Waals surface area (Å²) < 4.78 is 35.3. The van der Waals surface area contributed by atoms with Crippen molar-refractivity contribution in [1.29, 1.82) is 5.26 Å². The number of furan rings is 1. The third kappa shape index (κ3) is 3.35. The minimum absolute atomic E-state index is 0.112. The minimum atomic E-state index is -3.79. The topological polar surface area (TPSA) is 92.1 Å². The molecule has 28 heavy (non-hydrogen) atoms. The predicted octanol–water partition coefficient (Wildman–Crippen LogP) is 2.76. The van der Waals surface area contributed by atoms with E-state index in [2.05, 4.69) is 5.10 Å². The second-order valence-corrected chi connectivity index (χ2v) is 8.78. The van der Waals surface area contributed by atoms with Gasteiger partial charge in [-0.05, 0) is 61.2 Å². The summed E-state index contributed by atoms with van der Waals surface area (Å²) in [4.78, 5) is 0.144. The van der Waals surface area contributed by atoms with Gasteiger partial charge in [0, 0.05) is 12.7 Å². The molecule has 3 aromatic rings. The number of nitrogens with zero attached hydrogens (tertiary/aromatic N) is 4. The summed E-state index contributed by atoms with van der Waals surface area (Å²) >= 11 is 0. The SMILES string of the molecule is Cn1nc(CN(Cc2ccco2)S(=O)(=O)c2ccc(C#N)cc2)c2c1CCC2. The maximum Gasteiger partial charge on any atom is 0.243 e. The van der Waals surface area contributed by atoms with Crippen molar-refractivity contribution >= 4 is 10.0 Å². The third-order valence-corrected chi connectivity index (χ3v) is 6.86. The Morgan fingerprint density at radius 1 is 1.21 bits per heavy atom. The van der Waals surface area contributed by atoms with Crippen LogP contribution >= 0.6 is 0 Å². The zero-order valence-corrected chi connectivity index (χ0v) is 16.3. The van der Waals surface area contributed by atoms with Gasteiger partial charge >= 0.3 is 0 Å². The molecule has 0 spiro atoms. The van der Waals surface area contributed by atoms with Crippen LogP contribution in [0.1, 0.15) is 34.7 Å². The molecule has 0 amide bonds. The highest BCUT2D eigenvalue weighted by Gasteiger charge is 2.29. The van der Waals surface area contributed by atoms with E-state index >= 15 is 0 Å². The Hall–Kier alpha value is -2.89. The lowest BCUT2D eigenvalue weighted by atomic mass is 10.2. The fourth-order valence-electron chi connectivity index (χ4n) is 3.64. The van der Waals surface area contributed by atoms with Crippen molar-refractivity contribution in [2.75, 3.05) is 0 Å². The summed E-state index contributed by atoms with van der Waals surface area (Å²) in [5.74, 6) is 0.560. The largest absolute Gasteiger partial charge is 0.468 e. The van der Waals surface area contributed by atoms with Crippen LogP contribution in [0.4, 0.5) is 0 Å². The molecule has 144 valence electrons. The van der Waals surface area contributed by atoms with Crippen LogP contribution in [0.2, 0.25) is 0 Å². The molecule has 1 aromatic carbocycles. The van der Waals surface area contributed by atoms with Gasteiger partial charge in [0.15, 0.2) is 0 Å². The Labute approximate surface area is 163 Å². The van der Waals surface area contributed by atoms with Crippen LogP contribution in [0.25, 0.3) is 0 Å². The number of hydrogen-bond donors (Lipinski definition) is 0. The predicted molar refractivity (Wildman–Crippen MR) is 102 cm³/mol. The van der Waals surface area contributed by atoms with Crippen LogP contribution in [0.5, 0.6) is 0 Å². The van der Waals surface area contributed by atoms with Gasteiger partial charge in [-0.1, -0.05) is 0 Å². The summed E-state index contributed by atoms with van der Waals surface area (Å²) in [5, 5.41) is 13.5. The molecule has 0 bridgehead atoms. The van der Waals surface area contributed by atoms with Gasteiger partial charge in [0.25, 0.3) is 0 Å². The van der Waals surface area contributed by atoms with Gasteiger partial charge in [0.1, 0.15) is 5.76 Å². The van der Waals surface area contributed by atoms with Crippen molar-refractivity contribution in [3.8, 4) is 6.07 Å². The molecule has 0 saturated carbocycles. The summed E-state index contributed by atoms with van der Waals surface area (Å²) in [6.45, 7) is 0.285. The lowest BCUT2D eigenvalue weighted by Crippen LogP contribution is -2.30. The highest BCUT2D eigenvalue weighted by atomic mass is 32.2. The highest BCUT2D eigenvalue weighted by Crippen LogP contribution is 2.28. The van der Waals surface area contributed by atoms with Crippen molar-refractivity contribution in [2.45, 2.75) is 37.2 Å². The first-order valence-corrected chi connectivity index (χ1v) is 10.5. The molecule has 0 N–H and O–H groups in total. The van der Waals surface area contributed by atoms with Crippen LogP contribution in [-0.2, 0) is 43.0 Å². The van der Waals surface area contributed by atoms with Crippen molar-refractivity contribution in [2.24, 2.45) is 7.05 Å². The molecule has 0 unspecified atom stereocenters. The van der Waals surface area contributed by atoms with Gasteiger partial charge in [0.2, 0.25) is 10.0 Å². The van der Waals surface area contributed by atoms with Crippen molar-refractivity contribution in [3.05, 3.63) is 70.9 Å². The molecule has 2 aromatic heterocycles. The van der Waals surface area contributed by atoms with Gasteiger partial charge in [-0.15, -0.1) is 0 Å². The Morgan fingerprint density at radius 2 is 2.00 bits per heavy atom. The monoisotopic (exact) mass is 396 g/mol. The maximum absolute atomic E-state index is 13.3. The van der Waals surface area contributed by atoms with E-state index < -0.39 is 10.0 Å². The molecule has 7 nitrogen and oxygen atoms in total. The lowest BCUT2D eigenvalue weighted by molar-refractivity contribution is 0.353. The molecule has 0 radical (unpaired) electrons. The molecule has 4 rings (SSSR count). The number of hydrogen-bond acceptors (Lipinski definition) is 5. The molecule has 1 aliphatic carbocycles. The van der Waals surface area contributed by atoms with E-state index in [9.17, 15) is 8.42 Å². The van der Waals surface area contributed by atoms with E-state index in [1.54, 1.807) is 12.1 Å². The molecule has 0 aliphatic heterocycles. The number of fused-ring (bicyclic) bond motifs is 1. The fraction of sp³-hybridized carbons (Fsp3) is 0.300. The highest BCUT2D eigenvalue weighted by molar-refractivity contribution is 7.89. The normalized spacial score (nSPS) is 13.6. The fourth-order valence-corrected chi connectivity index (χ4v) is 5.01. The number of rotatable bonds is 6. The molecular formula is C20H20N4O3S. The minimum Gasteiger partial charge on any atom is -0.468 e. The quantitative estimate of drug-likeness (QED) is 0.639. The first kappa shape index (κ1) is 18.5. The maximum atomic E-state index is 13.3. The van der Waals surface area contributed by atoms with E-state index in [0.717, 1.165) is 30.5 Å². The molecular weight excluding hydrogens is 376 g/mol. The number of sulfonamides is 1. The number of aromatic nitrogens is 2. The summed E-state index contributed by atoms with van der Waals surface area (Å²) in [7, 11) is -1.89. The van der Waals surface area contributed by atoms with Gasteiger partial charge in [0.05, 0.1) is 41.6 Å². The Bertz CT molecular complexity index is 1120. The number of nitriles is 1. The second-order valence-electron chi connectivity index (χ2n) is 6.84. The summed E-state index contributed by atoms with van der Waals surface area (Å²) in [6, 6.07) is 11.4. The van der Waals surface area contributed by atoms with Crippen LogP contribution in [0, 0.1) is 11.3 Å². The van der Waals surface area contributed by atoms with Gasteiger partial charge in [-0.2, -0.15) is 14.7 Å². The second kappa shape index (κ2) is 7.26. The van der Waals surface area contributed by atoms with E-state index in [-0.39, 0.29) is 18.0 Å². The van der Waals surface area contributed by atoms with Gasteiger partial charge < -0.3 is 4.42 Å². The van der Waals surface area contributed by atoms with E-state index in [1.807, 2.05) is 17.8 Å². The average molecular weight is 396 g/mol. The van der Waals surface area contributed by atoms with Crippen molar-refractivity contribution in [3.63, 3.8) is 0 Å². The first-order chi connectivity index (χ1) is 13.5. The van der Waals surface area contributed by atoms with Crippen molar-refractivity contribution in [1.82, 2.24) is 14.1 Å². The van der Waals surface area contributed by atoms with E-state index in [4.69, 9.17) is 9.68 Å². The Balaban J connectivity index is 1.71. The zero-order chi connectivity index (χ0) is 19.7.